The number of unbranched alkanes of at least 4 members (excludes halogenated alkanes) is 2. The summed E-state index contributed by atoms with van der Waals surface area (Å²) in [5.74, 6) is 0. The molecular weight excluding hydrogens is 334 g/mol. The first kappa shape index (κ1) is 19.7. The number of nitrogens with one attached hydrogen (secondary N) is 2. The molecule has 0 saturated carbocycles. The molecule has 2 rings (SSSR count). The van der Waals surface area contributed by atoms with Crippen molar-refractivity contribution in [2.24, 2.45) is 0 Å². The minimum atomic E-state index is -3.23. The molecule has 6 heteroatoms. The third kappa shape index (κ3) is 5.68. The summed E-state index contributed by atoms with van der Waals surface area (Å²) in [6.07, 6.45) is 2.83. The summed E-state index contributed by atoms with van der Waals surface area (Å²) in [7, 11) is -3.23. The van der Waals surface area contributed by atoms with E-state index in [0.29, 0.717) is 6.54 Å². The number of anilines is 1. The average Bonchev–Trinajstić information content (AvgIpc) is 2.52. The molecule has 0 aliphatic rings. The largest absolute Gasteiger partial charge is 0.385 e. The molecule has 0 unspecified atom stereocenters. The first-order chi connectivity index (χ1) is 11.7. The third-order valence-corrected chi connectivity index (χ3v) is 6.31. The molecule has 5 nitrogen and oxygen atoms in total. The number of sulfonamides is 1. The lowest BCUT2D eigenvalue weighted by Crippen LogP contribution is -2.39. The van der Waals surface area contributed by atoms with Crippen molar-refractivity contribution < 1.29 is 8.42 Å². The minimum absolute atomic E-state index is 0.501. The molecule has 1 heterocycles. The molecule has 1 aromatic heterocycles. The number of aromatic nitrogens is 1. The summed E-state index contributed by atoms with van der Waals surface area (Å²) in [5, 5.41) is 4.55. The topological polar surface area (TPSA) is 71.1 Å². The summed E-state index contributed by atoms with van der Waals surface area (Å²) in [6.45, 7) is 8.49. The minimum Gasteiger partial charge on any atom is -0.385 e. The van der Waals surface area contributed by atoms with Crippen LogP contribution in [0.1, 0.15) is 45.7 Å². The Kier molecular flexibility index (Phi) is 6.41. The molecule has 0 spiro atoms. The average molecular weight is 364 g/mol. The first-order valence-electron chi connectivity index (χ1n) is 8.79. The van der Waals surface area contributed by atoms with E-state index in [9.17, 15) is 8.42 Å². The van der Waals surface area contributed by atoms with Crippen LogP contribution in [0.25, 0.3) is 10.9 Å². The lowest BCUT2D eigenvalue weighted by Gasteiger charge is -2.19. The number of rotatable bonds is 8. The van der Waals surface area contributed by atoms with E-state index in [4.69, 9.17) is 0 Å². The van der Waals surface area contributed by atoms with E-state index in [2.05, 4.69) is 27.2 Å². The van der Waals surface area contributed by atoms with Gasteiger partial charge in [-0.25, -0.2) is 13.1 Å². The van der Waals surface area contributed by atoms with Crippen molar-refractivity contribution in [2.45, 2.75) is 51.7 Å². The predicted molar refractivity (Wildman–Crippen MR) is 105 cm³/mol. The Morgan fingerprint density at radius 2 is 1.72 bits per heavy atom. The maximum Gasteiger partial charge on any atom is 0.216 e. The SMILES string of the molecule is Cc1ccc2cc(NCCCCCNS(=O)(=O)C(C)(C)C)ccc2n1. The molecule has 0 atom stereocenters. The van der Waals surface area contributed by atoms with Crippen LogP contribution < -0.4 is 10.0 Å². The van der Waals surface area contributed by atoms with Gasteiger partial charge in [0.25, 0.3) is 0 Å². The van der Waals surface area contributed by atoms with Crippen LogP contribution >= 0.6 is 0 Å². The number of benzene rings is 1. The molecule has 138 valence electrons. The first-order valence-corrected chi connectivity index (χ1v) is 10.3. The van der Waals surface area contributed by atoms with Crippen LogP contribution in [-0.2, 0) is 10.0 Å². The summed E-state index contributed by atoms with van der Waals surface area (Å²) in [5.41, 5.74) is 3.12. The highest BCUT2D eigenvalue weighted by Crippen LogP contribution is 2.18. The van der Waals surface area contributed by atoms with Crippen LogP contribution in [0.2, 0.25) is 0 Å². The van der Waals surface area contributed by atoms with Gasteiger partial charge in [0.05, 0.1) is 10.3 Å². The molecular formula is C19H29N3O2S. The number of aryl methyl sites for hydroxylation is 1. The Morgan fingerprint density at radius 1 is 1.00 bits per heavy atom. The second kappa shape index (κ2) is 8.15. The zero-order valence-electron chi connectivity index (χ0n) is 15.6. The van der Waals surface area contributed by atoms with E-state index < -0.39 is 14.8 Å². The van der Waals surface area contributed by atoms with Gasteiger partial charge in [0.2, 0.25) is 10.0 Å². The fourth-order valence-corrected chi connectivity index (χ4v) is 3.27. The van der Waals surface area contributed by atoms with Crippen LogP contribution in [0.15, 0.2) is 30.3 Å². The highest BCUT2D eigenvalue weighted by Gasteiger charge is 2.27. The molecule has 25 heavy (non-hydrogen) atoms. The van der Waals surface area contributed by atoms with Crippen LogP contribution in [0, 0.1) is 6.92 Å². The quantitative estimate of drug-likeness (QED) is 0.699. The monoisotopic (exact) mass is 363 g/mol. The van der Waals surface area contributed by atoms with Crippen LogP contribution in [0.4, 0.5) is 5.69 Å². The van der Waals surface area contributed by atoms with Gasteiger partial charge in [-0.3, -0.25) is 4.98 Å². The van der Waals surface area contributed by atoms with E-state index in [-0.39, 0.29) is 0 Å². The molecule has 0 radical (unpaired) electrons. The van der Waals surface area contributed by atoms with Crippen molar-refractivity contribution in [3.63, 3.8) is 0 Å². The standard InChI is InChI=1S/C19H29N3O2S/c1-15-8-9-16-14-17(10-11-18(16)22-15)20-12-6-5-7-13-21-25(23,24)19(2,3)4/h8-11,14,20-21H,5-7,12-13H2,1-4H3. The Labute approximate surface area is 151 Å². The normalized spacial score (nSPS) is 12.5. The Hall–Kier alpha value is -1.66. The van der Waals surface area contributed by atoms with E-state index >= 15 is 0 Å². The zero-order chi connectivity index (χ0) is 18.5. The molecule has 0 aliphatic carbocycles. The number of hydrogen-bond acceptors (Lipinski definition) is 4. The van der Waals surface area contributed by atoms with Crippen LogP contribution in [0.5, 0.6) is 0 Å². The predicted octanol–water partition coefficient (Wildman–Crippen LogP) is 3.84. The van der Waals surface area contributed by atoms with E-state index in [0.717, 1.165) is 48.1 Å². The molecule has 2 aromatic rings. The molecule has 1 aromatic carbocycles. The molecule has 0 bridgehead atoms. The van der Waals surface area contributed by atoms with Gasteiger partial charge < -0.3 is 5.32 Å². The van der Waals surface area contributed by atoms with Crippen molar-refractivity contribution >= 4 is 26.6 Å². The highest BCUT2D eigenvalue weighted by molar-refractivity contribution is 7.90. The summed E-state index contributed by atoms with van der Waals surface area (Å²) in [4.78, 5) is 4.50. The highest BCUT2D eigenvalue weighted by atomic mass is 32.2. The van der Waals surface area contributed by atoms with Gasteiger partial charge in [0, 0.05) is 29.9 Å². The third-order valence-electron chi connectivity index (χ3n) is 4.11. The van der Waals surface area contributed by atoms with Crippen LogP contribution in [-0.4, -0.2) is 31.2 Å². The fourth-order valence-electron chi connectivity index (χ4n) is 2.42. The van der Waals surface area contributed by atoms with Crippen molar-refractivity contribution in [3.05, 3.63) is 36.0 Å². The van der Waals surface area contributed by atoms with Crippen molar-refractivity contribution in [1.29, 1.82) is 0 Å². The lowest BCUT2D eigenvalue weighted by molar-refractivity contribution is 0.540. The summed E-state index contributed by atoms with van der Waals surface area (Å²) >= 11 is 0. The zero-order valence-corrected chi connectivity index (χ0v) is 16.4. The van der Waals surface area contributed by atoms with Crippen molar-refractivity contribution in [3.8, 4) is 0 Å². The van der Waals surface area contributed by atoms with E-state index in [1.807, 2.05) is 25.1 Å². The van der Waals surface area contributed by atoms with Crippen LogP contribution in [0.3, 0.4) is 0 Å². The fraction of sp³-hybridized carbons (Fsp3) is 0.526. The van der Waals surface area contributed by atoms with Gasteiger partial charge in [-0.15, -0.1) is 0 Å². The summed E-state index contributed by atoms with van der Waals surface area (Å²) < 4.78 is 25.8. The van der Waals surface area contributed by atoms with Gasteiger partial charge in [-0.05, 0) is 64.8 Å². The second-order valence-corrected chi connectivity index (χ2v) is 9.88. The second-order valence-electron chi connectivity index (χ2n) is 7.36. The van der Waals surface area contributed by atoms with Crippen molar-refractivity contribution in [2.75, 3.05) is 18.4 Å². The Balaban J connectivity index is 1.69. The molecule has 0 amide bonds. The van der Waals surface area contributed by atoms with Gasteiger partial charge in [0.1, 0.15) is 0 Å². The van der Waals surface area contributed by atoms with Gasteiger partial charge in [-0.1, -0.05) is 12.5 Å². The van der Waals surface area contributed by atoms with E-state index in [1.54, 1.807) is 20.8 Å². The Bertz CT molecular complexity index is 811. The molecule has 0 saturated heterocycles. The number of hydrogen-bond donors (Lipinski definition) is 2. The van der Waals surface area contributed by atoms with Crippen molar-refractivity contribution in [1.82, 2.24) is 9.71 Å². The molecule has 0 fully saturated rings. The van der Waals surface area contributed by atoms with E-state index in [1.165, 1.54) is 0 Å². The molecule has 2 N–H and O–H groups in total. The van der Waals surface area contributed by atoms with Gasteiger partial charge in [0.15, 0.2) is 0 Å². The number of fused-ring (bicyclic) bond motifs is 1. The summed E-state index contributed by atoms with van der Waals surface area (Å²) in [6, 6.07) is 10.3. The van der Waals surface area contributed by atoms with Gasteiger partial charge >= 0.3 is 0 Å². The number of pyridine rings is 1. The molecule has 0 aliphatic heterocycles. The maximum absolute atomic E-state index is 11.9. The maximum atomic E-state index is 11.9. The smallest absolute Gasteiger partial charge is 0.216 e. The number of nitrogens with zero attached hydrogens (tertiary/aromatic N) is 1. The Morgan fingerprint density at radius 3 is 2.44 bits per heavy atom. The van der Waals surface area contributed by atoms with Gasteiger partial charge in [-0.2, -0.15) is 0 Å². The lowest BCUT2D eigenvalue weighted by atomic mass is 10.2.